The van der Waals surface area contributed by atoms with Gasteiger partial charge in [0.05, 0.1) is 12.4 Å². The van der Waals surface area contributed by atoms with Crippen LogP contribution in [0.1, 0.15) is 6.42 Å². The quantitative estimate of drug-likeness (QED) is 0.639. The molecule has 1 rings (SSSR count). The molecular formula is C6H13NO3S. The number of nitrogens with one attached hydrogen (secondary N) is 1. The molecule has 0 aliphatic carbocycles. The third-order valence-corrected chi connectivity index (χ3v) is 3.32. The van der Waals surface area contributed by atoms with E-state index in [0.717, 1.165) is 6.42 Å². The van der Waals surface area contributed by atoms with Gasteiger partial charge in [-0.05, 0) is 19.4 Å². The van der Waals surface area contributed by atoms with Crippen molar-refractivity contribution in [2.75, 3.05) is 26.0 Å². The van der Waals surface area contributed by atoms with Crippen LogP contribution in [0.4, 0.5) is 0 Å². The van der Waals surface area contributed by atoms with Crippen molar-refractivity contribution >= 4 is 10.0 Å². The van der Waals surface area contributed by atoms with Gasteiger partial charge in [0.1, 0.15) is 0 Å². The Morgan fingerprint density at radius 2 is 2.36 bits per heavy atom. The fourth-order valence-corrected chi connectivity index (χ4v) is 2.16. The van der Waals surface area contributed by atoms with E-state index < -0.39 is 10.0 Å². The van der Waals surface area contributed by atoms with E-state index in [9.17, 15) is 8.42 Å². The predicted molar refractivity (Wildman–Crippen MR) is 41.8 cm³/mol. The number of hydrogen-bond acceptors (Lipinski definition) is 3. The summed E-state index contributed by atoms with van der Waals surface area (Å²) in [7, 11) is -1.60. The van der Waals surface area contributed by atoms with Gasteiger partial charge in [0, 0.05) is 6.61 Å². The molecule has 1 aliphatic rings. The Hall–Kier alpha value is -0.130. The number of ether oxygens (including phenoxy) is 1. The van der Waals surface area contributed by atoms with E-state index in [2.05, 4.69) is 4.72 Å². The summed E-state index contributed by atoms with van der Waals surface area (Å²) in [5.74, 6) is 0.385. The lowest BCUT2D eigenvalue weighted by Crippen LogP contribution is -2.26. The highest BCUT2D eigenvalue weighted by Gasteiger charge is 2.21. The lowest BCUT2D eigenvalue weighted by atomic mass is 10.2. The molecule has 1 atom stereocenters. The van der Waals surface area contributed by atoms with Crippen LogP contribution >= 0.6 is 0 Å². The predicted octanol–water partition coefficient (Wildman–Crippen LogP) is -0.428. The zero-order valence-corrected chi connectivity index (χ0v) is 7.36. The van der Waals surface area contributed by atoms with Crippen LogP contribution in [-0.4, -0.2) is 34.4 Å². The van der Waals surface area contributed by atoms with Crippen molar-refractivity contribution < 1.29 is 13.2 Å². The first-order valence-corrected chi connectivity index (χ1v) is 5.28. The summed E-state index contributed by atoms with van der Waals surface area (Å²) in [6.45, 7) is 1.28. The summed E-state index contributed by atoms with van der Waals surface area (Å²) >= 11 is 0. The van der Waals surface area contributed by atoms with Crippen molar-refractivity contribution in [3.8, 4) is 0 Å². The molecule has 0 saturated carbocycles. The Morgan fingerprint density at radius 1 is 1.64 bits per heavy atom. The zero-order chi connectivity index (χ0) is 8.32. The monoisotopic (exact) mass is 179 g/mol. The largest absolute Gasteiger partial charge is 0.381 e. The zero-order valence-electron chi connectivity index (χ0n) is 6.54. The second kappa shape index (κ2) is 3.51. The Labute approximate surface area is 67.0 Å². The molecule has 1 N–H and O–H groups in total. The highest BCUT2D eigenvalue weighted by molar-refractivity contribution is 7.89. The van der Waals surface area contributed by atoms with Gasteiger partial charge in [0.2, 0.25) is 10.0 Å². The smallest absolute Gasteiger partial charge is 0.211 e. The third kappa shape index (κ3) is 2.76. The van der Waals surface area contributed by atoms with Gasteiger partial charge >= 0.3 is 0 Å². The summed E-state index contributed by atoms with van der Waals surface area (Å²) in [5, 5.41) is 0. The lowest BCUT2D eigenvalue weighted by molar-refractivity contribution is 0.188. The molecule has 4 nitrogen and oxygen atoms in total. The highest BCUT2D eigenvalue weighted by atomic mass is 32.2. The van der Waals surface area contributed by atoms with E-state index in [-0.39, 0.29) is 11.7 Å². The van der Waals surface area contributed by atoms with E-state index in [1.54, 1.807) is 0 Å². The van der Waals surface area contributed by atoms with Gasteiger partial charge < -0.3 is 4.74 Å². The van der Waals surface area contributed by atoms with Crippen molar-refractivity contribution in [3.05, 3.63) is 0 Å². The molecule has 0 radical (unpaired) electrons. The maximum atomic E-state index is 11.0. The number of sulfonamides is 1. The van der Waals surface area contributed by atoms with E-state index in [0.29, 0.717) is 13.2 Å². The maximum Gasteiger partial charge on any atom is 0.211 e. The van der Waals surface area contributed by atoms with Crippen LogP contribution in [0.3, 0.4) is 0 Å². The molecule has 1 saturated heterocycles. The van der Waals surface area contributed by atoms with E-state index >= 15 is 0 Å². The van der Waals surface area contributed by atoms with Gasteiger partial charge in [-0.2, -0.15) is 0 Å². The minimum absolute atomic E-state index is 0.187. The lowest BCUT2D eigenvalue weighted by Gasteiger charge is -2.06. The summed E-state index contributed by atoms with van der Waals surface area (Å²) in [5.41, 5.74) is 0. The average Bonchev–Trinajstić information content (AvgIpc) is 2.39. The molecule has 0 aromatic rings. The first-order chi connectivity index (χ1) is 5.14. The normalized spacial score (nSPS) is 25.7. The first-order valence-electron chi connectivity index (χ1n) is 3.63. The van der Waals surface area contributed by atoms with Crippen LogP contribution < -0.4 is 4.72 Å². The van der Waals surface area contributed by atoms with E-state index in [4.69, 9.17) is 4.74 Å². The Kier molecular flexibility index (Phi) is 2.86. The van der Waals surface area contributed by atoms with Crippen LogP contribution in [-0.2, 0) is 14.8 Å². The molecule has 1 aliphatic heterocycles. The third-order valence-electron chi connectivity index (χ3n) is 1.79. The molecule has 11 heavy (non-hydrogen) atoms. The van der Waals surface area contributed by atoms with Crippen molar-refractivity contribution in [3.63, 3.8) is 0 Å². The van der Waals surface area contributed by atoms with Gasteiger partial charge in [-0.15, -0.1) is 0 Å². The molecule has 66 valence electrons. The SMILES string of the molecule is CNS(=O)(=O)C[C@H]1CCOC1. The van der Waals surface area contributed by atoms with Crippen LogP contribution in [0.5, 0.6) is 0 Å². The summed E-state index contributed by atoms with van der Waals surface area (Å²) in [4.78, 5) is 0. The second-order valence-electron chi connectivity index (χ2n) is 2.72. The van der Waals surface area contributed by atoms with E-state index in [1.807, 2.05) is 0 Å². The molecule has 5 heteroatoms. The Morgan fingerprint density at radius 3 is 2.82 bits per heavy atom. The maximum absolute atomic E-state index is 11.0. The van der Waals surface area contributed by atoms with Gasteiger partial charge in [0.25, 0.3) is 0 Å². The molecule has 0 amide bonds. The van der Waals surface area contributed by atoms with Crippen molar-refractivity contribution in [1.29, 1.82) is 0 Å². The molecular weight excluding hydrogens is 166 g/mol. The Bertz CT molecular complexity index is 206. The fourth-order valence-electron chi connectivity index (χ4n) is 1.11. The fraction of sp³-hybridized carbons (Fsp3) is 1.00. The molecule has 0 aromatic carbocycles. The summed E-state index contributed by atoms with van der Waals surface area (Å²) in [6, 6.07) is 0. The molecule has 1 heterocycles. The van der Waals surface area contributed by atoms with Gasteiger partial charge in [-0.25, -0.2) is 13.1 Å². The Balaban J connectivity index is 2.41. The average molecular weight is 179 g/mol. The number of rotatable bonds is 3. The van der Waals surface area contributed by atoms with Gasteiger partial charge in [-0.1, -0.05) is 0 Å². The van der Waals surface area contributed by atoms with E-state index in [1.165, 1.54) is 7.05 Å². The number of hydrogen-bond donors (Lipinski definition) is 1. The van der Waals surface area contributed by atoms with Crippen LogP contribution in [0.2, 0.25) is 0 Å². The first kappa shape index (κ1) is 8.96. The van der Waals surface area contributed by atoms with Gasteiger partial charge in [-0.3, -0.25) is 0 Å². The topological polar surface area (TPSA) is 55.4 Å². The van der Waals surface area contributed by atoms with Crippen molar-refractivity contribution in [2.45, 2.75) is 6.42 Å². The minimum Gasteiger partial charge on any atom is -0.381 e. The summed E-state index contributed by atoms with van der Waals surface area (Å²) < 4.78 is 29.3. The molecule has 1 fully saturated rings. The van der Waals surface area contributed by atoms with Gasteiger partial charge in [0.15, 0.2) is 0 Å². The second-order valence-corrected chi connectivity index (χ2v) is 4.69. The molecule has 0 spiro atoms. The van der Waals surface area contributed by atoms with Crippen molar-refractivity contribution in [1.82, 2.24) is 4.72 Å². The standard InChI is InChI=1S/C6H13NO3S/c1-7-11(8,9)5-6-2-3-10-4-6/h6-7H,2-5H2,1H3/t6-/m0/s1. The minimum atomic E-state index is -3.03. The van der Waals surface area contributed by atoms with Crippen molar-refractivity contribution in [2.24, 2.45) is 5.92 Å². The molecule has 0 unspecified atom stereocenters. The van der Waals surface area contributed by atoms with Crippen LogP contribution in [0.25, 0.3) is 0 Å². The summed E-state index contributed by atoms with van der Waals surface area (Å²) in [6.07, 6.45) is 0.862. The molecule has 0 bridgehead atoms. The molecule has 0 aromatic heterocycles. The highest BCUT2D eigenvalue weighted by Crippen LogP contribution is 2.13. The van der Waals surface area contributed by atoms with Crippen LogP contribution in [0.15, 0.2) is 0 Å². The van der Waals surface area contributed by atoms with Crippen LogP contribution in [0, 0.1) is 5.92 Å².